The zero-order chi connectivity index (χ0) is 27.5. The fourth-order valence-corrected chi connectivity index (χ4v) is 5.57. The lowest BCUT2D eigenvalue weighted by molar-refractivity contribution is -0.113. The monoisotopic (exact) mass is 539 g/mol. The number of thiazole rings is 1. The maximum absolute atomic E-state index is 14.0. The van der Waals surface area contributed by atoms with Crippen molar-refractivity contribution < 1.29 is 14.3 Å². The fraction of sp³-hybridized carbons (Fsp3) is 0.194. The third-order valence-electron chi connectivity index (χ3n) is 6.30. The normalized spacial score (nSPS) is 15.1. The van der Waals surface area contributed by atoms with Gasteiger partial charge in [-0.1, -0.05) is 59.9 Å². The average Bonchev–Trinajstić information content (AvgIpc) is 3.23. The van der Waals surface area contributed by atoms with Crippen molar-refractivity contribution in [3.05, 3.63) is 121 Å². The number of methoxy groups -OCH3 is 1. The van der Waals surface area contributed by atoms with Crippen molar-refractivity contribution in [2.24, 2.45) is 4.99 Å². The van der Waals surface area contributed by atoms with E-state index in [0.717, 1.165) is 11.1 Å². The summed E-state index contributed by atoms with van der Waals surface area (Å²) in [5.74, 6) is 1.07. The summed E-state index contributed by atoms with van der Waals surface area (Å²) in [7, 11) is 1.60. The molecule has 2 heterocycles. The van der Waals surface area contributed by atoms with Crippen molar-refractivity contribution >= 4 is 29.0 Å². The molecule has 0 saturated heterocycles. The van der Waals surface area contributed by atoms with Gasteiger partial charge in [0, 0.05) is 11.3 Å². The number of carbonyl (C=O) groups is 1. The fourth-order valence-electron chi connectivity index (χ4n) is 4.54. The van der Waals surface area contributed by atoms with Gasteiger partial charge in [0.1, 0.15) is 11.5 Å². The quantitative estimate of drug-likeness (QED) is 0.370. The predicted molar refractivity (Wildman–Crippen MR) is 154 cm³/mol. The number of hydrogen-bond donors (Lipinski definition) is 1. The van der Waals surface area contributed by atoms with Gasteiger partial charge in [0.15, 0.2) is 4.80 Å². The molecule has 5 rings (SSSR count). The summed E-state index contributed by atoms with van der Waals surface area (Å²) in [4.78, 5) is 32.9. The van der Waals surface area contributed by atoms with Crippen molar-refractivity contribution in [1.82, 2.24) is 4.57 Å². The SMILES string of the molecule is COc1ccc([C@H]2C(C(=O)Nc3ccccc3)=C(C)N=c3s/c(=C/c4ccccc4OC(C)C)c(=O)n32)cc1. The highest BCUT2D eigenvalue weighted by atomic mass is 32.1. The van der Waals surface area contributed by atoms with Gasteiger partial charge in [0.05, 0.1) is 35.1 Å². The summed E-state index contributed by atoms with van der Waals surface area (Å²) < 4.78 is 13.4. The molecule has 0 saturated carbocycles. The second-order valence-electron chi connectivity index (χ2n) is 9.38. The first-order valence-corrected chi connectivity index (χ1v) is 13.5. The molecule has 1 N–H and O–H groups in total. The van der Waals surface area contributed by atoms with Crippen LogP contribution in [0.3, 0.4) is 0 Å². The summed E-state index contributed by atoms with van der Waals surface area (Å²) in [6, 6.07) is 23.6. The molecule has 4 aromatic rings. The highest BCUT2D eigenvalue weighted by Gasteiger charge is 2.32. The number of nitrogens with zero attached hydrogens (tertiary/aromatic N) is 2. The zero-order valence-electron chi connectivity index (χ0n) is 22.2. The molecule has 0 radical (unpaired) electrons. The molecule has 0 fully saturated rings. The first kappa shape index (κ1) is 26.2. The Morgan fingerprint density at radius 1 is 1.03 bits per heavy atom. The van der Waals surface area contributed by atoms with Crippen LogP contribution in [0.25, 0.3) is 6.08 Å². The summed E-state index contributed by atoms with van der Waals surface area (Å²) in [6.45, 7) is 5.73. The van der Waals surface area contributed by atoms with E-state index in [0.29, 0.717) is 37.8 Å². The van der Waals surface area contributed by atoms with Gasteiger partial charge in [-0.3, -0.25) is 14.2 Å². The van der Waals surface area contributed by atoms with Crippen LogP contribution in [0, 0.1) is 0 Å². The molecule has 0 aliphatic carbocycles. The van der Waals surface area contributed by atoms with Crippen LogP contribution in [0.4, 0.5) is 5.69 Å². The van der Waals surface area contributed by atoms with E-state index in [2.05, 4.69) is 5.32 Å². The first-order chi connectivity index (χ1) is 18.9. The molecule has 0 unspecified atom stereocenters. The lowest BCUT2D eigenvalue weighted by Gasteiger charge is -2.25. The Morgan fingerprint density at radius 2 is 1.72 bits per heavy atom. The van der Waals surface area contributed by atoms with E-state index in [1.165, 1.54) is 11.3 Å². The Kier molecular flexibility index (Phi) is 7.47. The van der Waals surface area contributed by atoms with E-state index < -0.39 is 6.04 Å². The number of para-hydroxylation sites is 2. The van der Waals surface area contributed by atoms with Gasteiger partial charge < -0.3 is 14.8 Å². The largest absolute Gasteiger partial charge is 0.497 e. The lowest BCUT2D eigenvalue weighted by atomic mass is 9.95. The van der Waals surface area contributed by atoms with Crippen LogP contribution in [0.2, 0.25) is 0 Å². The maximum atomic E-state index is 14.0. The number of benzene rings is 3. The lowest BCUT2D eigenvalue weighted by Crippen LogP contribution is -2.40. The summed E-state index contributed by atoms with van der Waals surface area (Å²) in [5, 5.41) is 2.97. The van der Waals surface area contributed by atoms with E-state index >= 15 is 0 Å². The molecule has 7 nitrogen and oxygen atoms in total. The predicted octanol–water partition coefficient (Wildman–Crippen LogP) is 4.67. The number of carbonyl (C=O) groups excluding carboxylic acids is 1. The van der Waals surface area contributed by atoms with Gasteiger partial charge >= 0.3 is 0 Å². The van der Waals surface area contributed by atoms with E-state index in [9.17, 15) is 9.59 Å². The molecule has 1 aromatic heterocycles. The number of hydrogen-bond acceptors (Lipinski definition) is 6. The molecule has 39 heavy (non-hydrogen) atoms. The van der Waals surface area contributed by atoms with Crippen molar-refractivity contribution in [2.45, 2.75) is 32.9 Å². The topological polar surface area (TPSA) is 81.9 Å². The van der Waals surface area contributed by atoms with E-state index in [1.807, 2.05) is 98.8 Å². The van der Waals surface area contributed by atoms with Gasteiger partial charge in [-0.25, -0.2) is 4.99 Å². The van der Waals surface area contributed by atoms with Crippen LogP contribution in [-0.4, -0.2) is 23.7 Å². The van der Waals surface area contributed by atoms with Crippen LogP contribution in [0.1, 0.15) is 37.9 Å². The van der Waals surface area contributed by atoms with Crippen molar-refractivity contribution in [2.75, 3.05) is 12.4 Å². The Hall–Kier alpha value is -4.43. The zero-order valence-corrected chi connectivity index (χ0v) is 23.0. The van der Waals surface area contributed by atoms with Crippen LogP contribution in [0.15, 0.2) is 99.9 Å². The summed E-state index contributed by atoms with van der Waals surface area (Å²) in [5.41, 5.74) is 2.98. The number of nitrogens with one attached hydrogen (secondary N) is 1. The molecule has 1 amide bonds. The number of anilines is 1. The second-order valence-corrected chi connectivity index (χ2v) is 10.4. The number of aromatic nitrogens is 1. The standard InChI is InChI=1S/C31H29N3O4S/c1-19(2)38-25-13-9-8-10-22(25)18-26-30(36)34-28(21-14-16-24(37-4)17-15-21)27(20(3)32-31(34)39-26)29(35)33-23-11-6-5-7-12-23/h5-19,28H,1-4H3,(H,33,35)/b26-18+/t28-/m0/s1. The molecule has 0 bridgehead atoms. The van der Waals surface area contributed by atoms with Gasteiger partial charge in [-0.05, 0) is 62.7 Å². The molecule has 1 aliphatic rings. The summed E-state index contributed by atoms with van der Waals surface area (Å²) >= 11 is 1.29. The van der Waals surface area contributed by atoms with Crippen molar-refractivity contribution in [1.29, 1.82) is 0 Å². The van der Waals surface area contributed by atoms with Gasteiger partial charge in [-0.2, -0.15) is 0 Å². The highest BCUT2D eigenvalue weighted by molar-refractivity contribution is 7.07. The summed E-state index contributed by atoms with van der Waals surface area (Å²) in [6.07, 6.45) is 1.82. The maximum Gasteiger partial charge on any atom is 0.271 e. The molecule has 8 heteroatoms. The highest BCUT2D eigenvalue weighted by Crippen LogP contribution is 2.32. The number of amides is 1. The molecular weight excluding hydrogens is 510 g/mol. The van der Waals surface area contributed by atoms with Gasteiger partial charge in [0.2, 0.25) is 0 Å². The van der Waals surface area contributed by atoms with Crippen LogP contribution < -0.4 is 29.7 Å². The van der Waals surface area contributed by atoms with E-state index in [-0.39, 0.29) is 17.6 Å². The third-order valence-corrected chi connectivity index (χ3v) is 7.28. The Bertz CT molecular complexity index is 1720. The molecular formula is C31H29N3O4S. The van der Waals surface area contributed by atoms with Gasteiger partial charge in [-0.15, -0.1) is 0 Å². The Labute approximate surface area is 230 Å². The van der Waals surface area contributed by atoms with Crippen LogP contribution in [-0.2, 0) is 4.79 Å². The van der Waals surface area contributed by atoms with Crippen molar-refractivity contribution in [3.8, 4) is 11.5 Å². The van der Waals surface area contributed by atoms with E-state index in [1.54, 1.807) is 18.6 Å². The molecule has 1 aliphatic heterocycles. The average molecular weight is 540 g/mol. The Morgan fingerprint density at radius 3 is 2.41 bits per heavy atom. The number of allylic oxidation sites excluding steroid dienone is 1. The van der Waals surface area contributed by atoms with Crippen LogP contribution in [0.5, 0.6) is 11.5 Å². The van der Waals surface area contributed by atoms with Crippen LogP contribution >= 0.6 is 11.3 Å². The third kappa shape index (κ3) is 5.42. The molecule has 3 aromatic carbocycles. The number of rotatable bonds is 7. The van der Waals surface area contributed by atoms with Gasteiger partial charge in [0.25, 0.3) is 11.5 Å². The Balaban J connectivity index is 1.67. The van der Waals surface area contributed by atoms with Crippen molar-refractivity contribution in [3.63, 3.8) is 0 Å². The second kappa shape index (κ2) is 11.1. The van der Waals surface area contributed by atoms with E-state index in [4.69, 9.17) is 14.5 Å². The molecule has 0 spiro atoms. The number of ether oxygens (including phenoxy) is 2. The molecule has 1 atom stereocenters. The minimum Gasteiger partial charge on any atom is -0.497 e. The first-order valence-electron chi connectivity index (χ1n) is 12.6. The minimum absolute atomic E-state index is 0.0100. The smallest absolute Gasteiger partial charge is 0.271 e. The number of fused-ring (bicyclic) bond motifs is 1. The molecule has 198 valence electrons. The minimum atomic E-state index is -0.667.